The van der Waals surface area contributed by atoms with Crippen molar-refractivity contribution in [2.45, 2.75) is 32.6 Å². The lowest BCUT2D eigenvalue weighted by molar-refractivity contribution is -0.135. The van der Waals surface area contributed by atoms with Crippen LogP contribution in [0.25, 0.3) is 0 Å². The molecule has 1 N–H and O–H groups in total. The molecule has 0 aliphatic carbocycles. The van der Waals surface area contributed by atoms with E-state index in [1.54, 1.807) is 0 Å². The van der Waals surface area contributed by atoms with Gasteiger partial charge in [-0.15, -0.1) is 12.4 Å². The molecular formula is C18H29ClN2O. The second-order valence-electron chi connectivity index (χ2n) is 6.48. The van der Waals surface area contributed by atoms with Crippen LogP contribution in [-0.4, -0.2) is 37.5 Å². The Morgan fingerprint density at radius 1 is 1.32 bits per heavy atom. The molecule has 1 amide bonds. The standard InChI is InChI=1S/C18H28N2O.ClH/c1-14(2)17(16-9-5-4-6-10-16)18(21)20-11-7-8-15(13-20)12-19-3;/h4-6,9-10,14-15,17,19H,7-8,11-13H2,1-3H3;1H. The minimum Gasteiger partial charge on any atom is -0.342 e. The number of halogens is 1. The van der Waals surface area contributed by atoms with E-state index in [1.165, 1.54) is 6.42 Å². The molecule has 0 radical (unpaired) electrons. The van der Waals surface area contributed by atoms with Crippen molar-refractivity contribution in [3.63, 3.8) is 0 Å². The van der Waals surface area contributed by atoms with Gasteiger partial charge in [-0.2, -0.15) is 0 Å². The van der Waals surface area contributed by atoms with E-state index in [-0.39, 0.29) is 18.3 Å². The monoisotopic (exact) mass is 324 g/mol. The van der Waals surface area contributed by atoms with Crippen molar-refractivity contribution >= 4 is 18.3 Å². The highest BCUT2D eigenvalue weighted by molar-refractivity contribution is 5.85. The summed E-state index contributed by atoms with van der Waals surface area (Å²) in [6.07, 6.45) is 2.35. The zero-order chi connectivity index (χ0) is 15.2. The third kappa shape index (κ3) is 4.72. The first-order chi connectivity index (χ1) is 10.1. The molecule has 1 fully saturated rings. The first kappa shape index (κ1) is 19.0. The molecule has 2 rings (SSSR count). The number of nitrogens with zero attached hydrogens (tertiary/aromatic N) is 1. The molecule has 2 atom stereocenters. The maximum atomic E-state index is 13.0. The van der Waals surface area contributed by atoms with Crippen LogP contribution < -0.4 is 5.32 Å². The van der Waals surface area contributed by atoms with E-state index in [2.05, 4.69) is 36.2 Å². The molecular weight excluding hydrogens is 296 g/mol. The number of piperidine rings is 1. The van der Waals surface area contributed by atoms with Crippen molar-refractivity contribution in [2.24, 2.45) is 11.8 Å². The van der Waals surface area contributed by atoms with Crippen molar-refractivity contribution in [1.82, 2.24) is 10.2 Å². The first-order valence-electron chi connectivity index (χ1n) is 8.11. The predicted octanol–water partition coefficient (Wildman–Crippen LogP) is 3.31. The number of amides is 1. The smallest absolute Gasteiger partial charge is 0.230 e. The summed E-state index contributed by atoms with van der Waals surface area (Å²) in [5.41, 5.74) is 1.15. The molecule has 4 heteroatoms. The average Bonchev–Trinajstić information content (AvgIpc) is 2.49. The molecule has 0 bridgehead atoms. The predicted molar refractivity (Wildman–Crippen MR) is 94.5 cm³/mol. The highest BCUT2D eigenvalue weighted by Crippen LogP contribution is 2.28. The number of benzene rings is 1. The van der Waals surface area contributed by atoms with Gasteiger partial charge in [0.1, 0.15) is 0 Å². The van der Waals surface area contributed by atoms with Crippen molar-refractivity contribution in [3.8, 4) is 0 Å². The molecule has 22 heavy (non-hydrogen) atoms. The first-order valence-corrected chi connectivity index (χ1v) is 8.11. The molecule has 1 saturated heterocycles. The molecule has 3 nitrogen and oxygen atoms in total. The molecule has 0 saturated carbocycles. The number of carbonyl (C=O) groups is 1. The van der Waals surface area contributed by atoms with Gasteiger partial charge in [0.15, 0.2) is 0 Å². The van der Waals surface area contributed by atoms with Crippen molar-refractivity contribution < 1.29 is 4.79 Å². The summed E-state index contributed by atoms with van der Waals surface area (Å²) in [4.78, 5) is 15.1. The van der Waals surface area contributed by atoms with Gasteiger partial charge in [0, 0.05) is 13.1 Å². The van der Waals surface area contributed by atoms with Gasteiger partial charge in [-0.05, 0) is 43.8 Å². The van der Waals surface area contributed by atoms with Crippen LogP contribution in [0.3, 0.4) is 0 Å². The Labute approximate surface area is 140 Å². The van der Waals surface area contributed by atoms with Gasteiger partial charge >= 0.3 is 0 Å². The SMILES string of the molecule is CNCC1CCCN(C(=O)C(c2ccccc2)C(C)C)C1.Cl. The van der Waals surface area contributed by atoms with E-state index >= 15 is 0 Å². The van der Waals surface area contributed by atoms with Crippen LogP contribution in [0, 0.1) is 11.8 Å². The fourth-order valence-corrected chi connectivity index (χ4v) is 3.39. The Morgan fingerprint density at radius 3 is 2.59 bits per heavy atom. The molecule has 124 valence electrons. The number of likely N-dealkylation sites (tertiary alicyclic amines) is 1. The zero-order valence-corrected chi connectivity index (χ0v) is 14.7. The summed E-state index contributed by atoms with van der Waals surface area (Å²) >= 11 is 0. The lowest BCUT2D eigenvalue weighted by Crippen LogP contribution is -2.45. The van der Waals surface area contributed by atoms with Crippen molar-refractivity contribution in [2.75, 3.05) is 26.7 Å². The minimum absolute atomic E-state index is 0. The second kappa shape index (κ2) is 9.16. The second-order valence-corrected chi connectivity index (χ2v) is 6.48. The van der Waals surface area contributed by atoms with Crippen molar-refractivity contribution in [1.29, 1.82) is 0 Å². The van der Waals surface area contributed by atoms with Crippen LogP contribution in [0.4, 0.5) is 0 Å². The Morgan fingerprint density at radius 2 is 2.00 bits per heavy atom. The minimum atomic E-state index is -0.0143. The van der Waals surface area contributed by atoms with Crippen LogP contribution in [-0.2, 0) is 4.79 Å². The maximum Gasteiger partial charge on any atom is 0.230 e. The lowest BCUT2D eigenvalue weighted by atomic mass is 9.86. The summed E-state index contributed by atoms with van der Waals surface area (Å²) in [7, 11) is 1.99. The molecule has 1 aromatic rings. The molecule has 1 heterocycles. The van der Waals surface area contributed by atoms with E-state index in [0.29, 0.717) is 17.7 Å². The van der Waals surface area contributed by atoms with E-state index < -0.39 is 0 Å². The van der Waals surface area contributed by atoms with Gasteiger partial charge in [-0.1, -0.05) is 44.2 Å². The van der Waals surface area contributed by atoms with Crippen LogP contribution in [0.1, 0.15) is 38.2 Å². The summed E-state index contributed by atoms with van der Waals surface area (Å²) in [6.45, 7) is 7.10. The van der Waals surface area contributed by atoms with Gasteiger partial charge in [-0.25, -0.2) is 0 Å². The van der Waals surface area contributed by atoms with E-state index in [0.717, 1.165) is 31.6 Å². The Balaban J connectivity index is 0.00000242. The molecule has 0 aromatic heterocycles. The summed E-state index contributed by atoms with van der Waals surface area (Å²) in [5.74, 6) is 1.21. The lowest BCUT2D eigenvalue weighted by Gasteiger charge is -2.36. The van der Waals surface area contributed by atoms with Gasteiger partial charge in [-0.3, -0.25) is 4.79 Å². The number of rotatable bonds is 5. The average molecular weight is 325 g/mol. The Bertz CT molecular complexity index is 448. The highest BCUT2D eigenvalue weighted by atomic mass is 35.5. The molecule has 1 aliphatic heterocycles. The normalized spacial score (nSPS) is 19.6. The van der Waals surface area contributed by atoms with Gasteiger partial charge in [0.2, 0.25) is 5.91 Å². The quantitative estimate of drug-likeness (QED) is 0.901. The van der Waals surface area contributed by atoms with Gasteiger partial charge in [0.25, 0.3) is 0 Å². The van der Waals surface area contributed by atoms with Crippen LogP contribution in [0.15, 0.2) is 30.3 Å². The Kier molecular flexibility index (Phi) is 7.91. The van der Waals surface area contributed by atoms with Crippen LogP contribution >= 0.6 is 12.4 Å². The van der Waals surface area contributed by atoms with E-state index in [9.17, 15) is 4.79 Å². The largest absolute Gasteiger partial charge is 0.342 e. The maximum absolute atomic E-state index is 13.0. The molecule has 2 unspecified atom stereocenters. The van der Waals surface area contributed by atoms with Gasteiger partial charge < -0.3 is 10.2 Å². The van der Waals surface area contributed by atoms with Crippen LogP contribution in [0.5, 0.6) is 0 Å². The molecule has 1 aromatic carbocycles. The Hall–Kier alpha value is -1.06. The third-order valence-corrected chi connectivity index (χ3v) is 4.41. The fraction of sp³-hybridized carbons (Fsp3) is 0.611. The third-order valence-electron chi connectivity index (χ3n) is 4.41. The summed E-state index contributed by atoms with van der Waals surface area (Å²) < 4.78 is 0. The van der Waals surface area contributed by atoms with E-state index in [4.69, 9.17) is 0 Å². The summed E-state index contributed by atoms with van der Waals surface area (Å²) in [5, 5.41) is 3.24. The van der Waals surface area contributed by atoms with Crippen LogP contribution in [0.2, 0.25) is 0 Å². The fourth-order valence-electron chi connectivity index (χ4n) is 3.39. The number of hydrogen-bond donors (Lipinski definition) is 1. The summed E-state index contributed by atoms with van der Waals surface area (Å²) in [6, 6.07) is 10.2. The topological polar surface area (TPSA) is 32.3 Å². The number of hydrogen-bond acceptors (Lipinski definition) is 2. The van der Waals surface area contributed by atoms with E-state index in [1.807, 2.05) is 25.2 Å². The molecule has 1 aliphatic rings. The zero-order valence-electron chi connectivity index (χ0n) is 13.9. The van der Waals surface area contributed by atoms with Gasteiger partial charge in [0.05, 0.1) is 5.92 Å². The number of nitrogens with one attached hydrogen (secondary N) is 1. The van der Waals surface area contributed by atoms with Crippen molar-refractivity contribution in [3.05, 3.63) is 35.9 Å². The number of carbonyl (C=O) groups excluding carboxylic acids is 1. The highest BCUT2D eigenvalue weighted by Gasteiger charge is 2.31. The molecule has 0 spiro atoms.